The lowest BCUT2D eigenvalue weighted by Gasteiger charge is -2.13. The van der Waals surface area contributed by atoms with Crippen LogP contribution in [0.4, 0.5) is 5.69 Å². The summed E-state index contributed by atoms with van der Waals surface area (Å²) in [7, 11) is 0. The fourth-order valence-electron chi connectivity index (χ4n) is 1.97. The Bertz CT molecular complexity index is 641. The molecule has 0 aliphatic heterocycles. The molecule has 0 aromatic heterocycles. The molecule has 0 fully saturated rings. The van der Waals surface area contributed by atoms with Gasteiger partial charge in [0.2, 0.25) is 0 Å². The Labute approximate surface area is 138 Å². The lowest BCUT2D eigenvalue weighted by Crippen LogP contribution is -2.04. The van der Waals surface area contributed by atoms with Crippen molar-refractivity contribution in [1.29, 1.82) is 0 Å². The zero-order valence-electron chi connectivity index (χ0n) is 12.3. The molecule has 2 rings (SSSR count). The molecule has 0 unspecified atom stereocenters. The average Bonchev–Trinajstić information content (AvgIpc) is 2.52. The van der Waals surface area contributed by atoms with Gasteiger partial charge in [-0.3, -0.25) is 0 Å². The molecule has 0 aliphatic carbocycles. The van der Waals surface area contributed by atoms with Crippen LogP contribution in [0.2, 0.25) is 0 Å². The highest BCUT2D eigenvalue weighted by Crippen LogP contribution is 2.24. The molecule has 5 heteroatoms. The number of rotatable bonds is 7. The third-order valence-corrected chi connectivity index (χ3v) is 3.59. The highest BCUT2D eigenvalue weighted by molar-refractivity contribution is 9.10. The van der Waals surface area contributed by atoms with Gasteiger partial charge in [0.25, 0.3) is 0 Å². The van der Waals surface area contributed by atoms with Crippen LogP contribution >= 0.6 is 15.9 Å². The topological polar surface area (TPSA) is 58.6 Å². The third kappa shape index (κ3) is 4.49. The number of carboxylic acid groups (broad SMARTS) is 1. The Hall–Kier alpha value is -2.01. The van der Waals surface area contributed by atoms with E-state index in [9.17, 15) is 4.79 Å². The SMILES string of the molecule is CCCOc1ccc(Br)cc1CNc1ccc(C(=O)O)cc1. The quantitative estimate of drug-likeness (QED) is 0.757. The van der Waals surface area contributed by atoms with Gasteiger partial charge in [-0.05, 0) is 48.9 Å². The molecule has 22 heavy (non-hydrogen) atoms. The number of hydrogen-bond donors (Lipinski definition) is 2. The lowest BCUT2D eigenvalue weighted by atomic mass is 10.1. The molecule has 0 saturated carbocycles. The van der Waals surface area contributed by atoms with Crippen LogP contribution in [0.25, 0.3) is 0 Å². The third-order valence-electron chi connectivity index (χ3n) is 3.10. The molecule has 0 radical (unpaired) electrons. The smallest absolute Gasteiger partial charge is 0.335 e. The van der Waals surface area contributed by atoms with Gasteiger partial charge in [0.1, 0.15) is 5.75 Å². The van der Waals surface area contributed by atoms with E-state index in [-0.39, 0.29) is 5.56 Å². The molecule has 2 aromatic rings. The standard InChI is InChI=1S/C17H18BrNO3/c1-2-9-22-16-8-5-14(18)10-13(16)11-19-15-6-3-12(4-7-15)17(20)21/h3-8,10,19H,2,9,11H2,1H3,(H,20,21). The summed E-state index contributed by atoms with van der Waals surface area (Å²) in [5.74, 6) is -0.0616. The summed E-state index contributed by atoms with van der Waals surface area (Å²) in [5, 5.41) is 12.2. The molecule has 0 saturated heterocycles. The van der Waals surface area contributed by atoms with E-state index in [1.807, 2.05) is 18.2 Å². The fraction of sp³-hybridized carbons (Fsp3) is 0.235. The van der Waals surface area contributed by atoms with Crippen molar-refractivity contribution in [3.63, 3.8) is 0 Å². The minimum absolute atomic E-state index is 0.278. The Morgan fingerprint density at radius 2 is 1.95 bits per heavy atom. The highest BCUT2D eigenvalue weighted by Gasteiger charge is 2.06. The molecule has 0 spiro atoms. The van der Waals surface area contributed by atoms with Gasteiger partial charge in [0, 0.05) is 22.3 Å². The van der Waals surface area contributed by atoms with E-state index in [2.05, 4.69) is 28.2 Å². The normalized spacial score (nSPS) is 10.3. The molecule has 0 bridgehead atoms. The molecule has 0 atom stereocenters. The fourth-order valence-corrected chi connectivity index (χ4v) is 2.38. The van der Waals surface area contributed by atoms with Gasteiger partial charge in [-0.25, -0.2) is 4.79 Å². The summed E-state index contributed by atoms with van der Waals surface area (Å²) in [5.41, 5.74) is 2.19. The van der Waals surface area contributed by atoms with Crippen molar-refractivity contribution in [1.82, 2.24) is 0 Å². The molecule has 0 aliphatic rings. The Morgan fingerprint density at radius 3 is 2.59 bits per heavy atom. The lowest BCUT2D eigenvalue weighted by molar-refractivity contribution is 0.0697. The summed E-state index contributed by atoms with van der Waals surface area (Å²) in [6.45, 7) is 3.35. The Balaban J connectivity index is 2.06. The predicted octanol–water partition coefficient (Wildman–Crippen LogP) is 4.55. The van der Waals surface area contributed by atoms with Crippen molar-refractivity contribution in [2.24, 2.45) is 0 Å². The van der Waals surface area contributed by atoms with Crippen LogP contribution < -0.4 is 10.1 Å². The van der Waals surface area contributed by atoms with E-state index < -0.39 is 5.97 Å². The van der Waals surface area contributed by atoms with E-state index in [1.165, 1.54) is 0 Å². The second-order valence-electron chi connectivity index (χ2n) is 4.84. The van der Waals surface area contributed by atoms with Gasteiger partial charge in [-0.1, -0.05) is 22.9 Å². The first kappa shape index (κ1) is 16.4. The zero-order valence-corrected chi connectivity index (χ0v) is 13.9. The zero-order chi connectivity index (χ0) is 15.9. The van der Waals surface area contributed by atoms with Gasteiger partial charge in [-0.2, -0.15) is 0 Å². The number of nitrogens with one attached hydrogen (secondary N) is 1. The van der Waals surface area contributed by atoms with Crippen molar-refractivity contribution >= 4 is 27.6 Å². The maximum Gasteiger partial charge on any atom is 0.335 e. The molecule has 4 nitrogen and oxygen atoms in total. The van der Waals surface area contributed by atoms with Crippen molar-refractivity contribution in [2.75, 3.05) is 11.9 Å². The number of anilines is 1. The number of ether oxygens (including phenoxy) is 1. The molecule has 0 amide bonds. The Kier molecular flexibility index (Phi) is 5.83. The predicted molar refractivity (Wildman–Crippen MR) is 90.7 cm³/mol. The van der Waals surface area contributed by atoms with E-state index in [0.29, 0.717) is 13.2 Å². The van der Waals surface area contributed by atoms with Crippen molar-refractivity contribution in [2.45, 2.75) is 19.9 Å². The van der Waals surface area contributed by atoms with Crippen molar-refractivity contribution < 1.29 is 14.6 Å². The van der Waals surface area contributed by atoms with E-state index in [0.717, 1.165) is 27.9 Å². The molecule has 116 valence electrons. The monoisotopic (exact) mass is 363 g/mol. The number of halogens is 1. The van der Waals surface area contributed by atoms with Crippen LogP contribution in [0.5, 0.6) is 5.75 Å². The average molecular weight is 364 g/mol. The van der Waals surface area contributed by atoms with E-state index >= 15 is 0 Å². The summed E-state index contributed by atoms with van der Waals surface area (Å²) in [6.07, 6.45) is 0.958. The minimum atomic E-state index is -0.922. The number of hydrogen-bond acceptors (Lipinski definition) is 3. The number of aromatic carboxylic acids is 1. The summed E-state index contributed by atoms with van der Waals surface area (Å²) >= 11 is 3.47. The first-order chi connectivity index (χ1) is 10.6. The summed E-state index contributed by atoms with van der Waals surface area (Å²) in [4.78, 5) is 10.8. The van der Waals surface area contributed by atoms with Crippen molar-refractivity contribution in [3.8, 4) is 5.75 Å². The van der Waals surface area contributed by atoms with Crippen LogP contribution in [-0.4, -0.2) is 17.7 Å². The van der Waals surface area contributed by atoms with Gasteiger partial charge < -0.3 is 15.2 Å². The van der Waals surface area contributed by atoms with Crippen LogP contribution in [0, 0.1) is 0 Å². The van der Waals surface area contributed by atoms with Gasteiger partial charge in [-0.15, -0.1) is 0 Å². The van der Waals surface area contributed by atoms with Gasteiger partial charge >= 0.3 is 5.97 Å². The number of benzene rings is 2. The van der Waals surface area contributed by atoms with E-state index in [1.54, 1.807) is 24.3 Å². The maximum absolute atomic E-state index is 10.8. The molecule has 2 N–H and O–H groups in total. The van der Waals surface area contributed by atoms with Gasteiger partial charge in [0.15, 0.2) is 0 Å². The van der Waals surface area contributed by atoms with Crippen LogP contribution in [0.3, 0.4) is 0 Å². The van der Waals surface area contributed by atoms with Gasteiger partial charge in [0.05, 0.1) is 12.2 Å². The highest BCUT2D eigenvalue weighted by atomic mass is 79.9. The molecule has 2 aromatic carbocycles. The maximum atomic E-state index is 10.8. The van der Waals surface area contributed by atoms with Crippen LogP contribution in [0.15, 0.2) is 46.9 Å². The molecular formula is C17H18BrNO3. The van der Waals surface area contributed by atoms with Crippen LogP contribution in [0.1, 0.15) is 29.3 Å². The Morgan fingerprint density at radius 1 is 1.23 bits per heavy atom. The van der Waals surface area contributed by atoms with Crippen LogP contribution in [-0.2, 0) is 6.54 Å². The summed E-state index contributed by atoms with van der Waals surface area (Å²) in [6, 6.07) is 12.6. The van der Waals surface area contributed by atoms with E-state index in [4.69, 9.17) is 9.84 Å². The second-order valence-corrected chi connectivity index (χ2v) is 5.75. The first-order valence-corrected chi connectivity index (χ1v) is 7.88. The summed E-state index contributed by atoms with van der Waals surface area (Å²) < 4.78 is 6.74. The minimum Gasteiger partial charge on any atom is -0.493 e. The number of carbonyl (C=O) groups is 1. The largest absolute Gasteiger partial charge is 0.493 e. The van der Waals surface area contributed by atoms with Crippen molar-refractivity contribution in [3.05, 3.63) is 58.1 Å². The molecular weight excluding hydrogens is 346 g/mol. The number of carboxylic acids is 1. The first-order valence-electron chi connectivity index (χ1n) is 7.08. The molecule has 0 heterocycles. The second kappa shape index (κ2) is 7.84.